The summed E-state index contributed by atoms with van der Waals surface area (Å²) in [4.78, 5) is 13.3. The standard InChI is InChI=1S/C17H25N5/c1-4-22(15-9-6-5-7-10-15)17-19-13-11-16(20-17)18-12-8-14-21(2)3/h5-7,9-11,13H,4,8,12,14H2,1-3H3,(H,18,19,20). The quantitative estimate of drug-likeness (QED) is 0.759. The molecule has 1 N–H and O–H groups in total. The normalized spacial score (nSPS) is 10.7. The Morgan fingerprint density at radius 3 is 2.55 bits per heavy atom. The molecule has 0 saturated heterocycles. The lowest BCUT2D eigenvalue weighted by atomic mass is 10.3. The van der Waals surface area contributed by atoms with Crippen molar-refractivity contribution in [1.29, 1.82) is 0 Å². The van der Waals surface area contributed by atoms with Crippen LogP contribution in [0.15, 0.2) is 42.6 Å². The molecule has 0 atom stereocenters. The molecule has 1 aromatic carbocycles. The van der Waals surface area contributed by atoms with E-state index in [9.17, 15) is 0 Å². The lowest BCUT2D eigenvalue weighted by Gasteiger charge is -2.21. The molecule has 0 amide bonds. The van der Waals surface area contributed by atoms with Gasteiger partial charge in [-0.25, -0.2) is 4.98 Å². The van der Waals surface area contributed by atoms with Crippen LogP contribution in [0.3, 0.4) is 0 Å². The molecule has 2 aromatic rings. The molecular formula is C17H25N5. The molecule has 0 bridgehead atoms. The highest BCUT2D eigenvalue weighted by Crippen LogP contribution is 2.21. The molecule has 5 heteroatoms. The summed E-state index contributed by atoms with van der Waals surface area (Å²) in [5.74, 6) is 1.60. The Hall–Kier alpha value is -2.14. The van der Waals surface area contributed by atoms with Gasteiger partial charge in [0.1, 0.15) is 5.82 Å². The van der Waals surface area contributed by atoms with Crippen molar-refractivity contribution in [3.63, 3.8) is 0 Å². The van der Waals surface area contributed by atoms with Crippen LogP contribution in [0.25, 0.3) is 0 Å². The lowest BCUT2D eigenvalue weighted by Crippen LogP contribution is -2.20. The van der Waals surface area contributed by atoms with Gasteiger partial charge in [0.2, 0.25) is 5.95 Å². The third-order valence-electron chi connectivity index (χ3n) is 3.36. The van der Waals surface area contributed by atoms with Crippen molar-refractivity contribution in [3.8, 4) is 0 Å². The highest BCUT2D eigenvalue weighted by atomic mass is 15.3. The Balaban J connectivity index is 2.03. The average molecular weight is 299 g/mol. The summed E-state index contributed by atoms with van der Waals surface area (Å²) in [6.07, 6.45) is 2.89. The number of benzene rings is 1. The van der Waals surface area contributed by atoms with E-state index in [0.717, 1.165) is 43.5 Å². The van der Waals surface area contributed by atoms with Crippen molar-refractivity contribution in [2.75, 3.05) is 43.9 Å². The van der Waals surface area contributed by atoms with Crippen LogP contribution in [-0.2, 0) is 0 Å². The molecule has 2 rings (SSSR count). The fourth-order valence-corrected chi connectivity index (χ4v) is 2.24. The minimum absolute atomic E-state index is 0.728. The topological polar surface area (TPSA) is 44.3 Å². The van der Waals surface area contributed by atoms with E-state index in [2.05, 4.69) is 58.2 Å². The molecule has 1 heterocycles. The molecule has 22 heavy (non-hydrogen) atoms. The number of hydrogen-bond donors (Lipinski definition) is 1. The van der Waals surface area contributed by atoms with E-state index in [1.165, 1.54) is 0 Å². The third-order valence-corrected chi connectivity index (χ3v) is 3.36. The van der Waals surface area contributed by atoms with E-state index >= 15 is 0 Å². The van der Waals surface area contributed by atoms with Crippen LogP contribution < -0.4 is 10.2 Å². The van der Waals surface area contributed by atoms with Crippen molar-refractivity contribution >= 4 is 17.5 Å². The SMILES string of the molecule is CCN(c1ccccc1)c1nccc(NCCCN(C)C)n1. The van der Waals surface area contributed by atoms with Crippen molar-refractivity contribution in [2.45, 2.75) is 13.3 Å². The monoisotopic (exact) mass is 299 g/mol. The van der Waals surface area contributed by atoms with Gasteiger partial charge >= 0.3 is 0 Å². The van der Waals surface area contributed by atoms with Gasteiger partial charge in [0.15, 0.2) is 0 Å². The van der Waals surface area contributed by atoms with Crippen LogP contribution in [0.5, 0.6) is 0 Å². The number of aromatic nitrogens is 2. The molecule has 0 fully saturated rings. The van der Waals surface area contributed by atoms with E-state index in [4.69, 9.17) is 0 Å². The summed E-state index contributed by atoms with van der Waals surface area (Å²) in [5, 5.41) is 3.37. The molecule has 118 valence electrons. The number of rotatable bonds is 8. The fraction of sp³-hybridized carbons (Fsp3) is 0.412. The van der Waals surface area contributed by atoms with Crippen LogP contribution in [0, 0.1) is 0 Å². The average Bonchev–Trinajstić information content (AvgIpc) is 2.54. The first-order valence-electron chi connectivity index (χ1n) is 7.75. The molecule has 0 radical (unpaired) electrons. The van der Waals surface area contributed by atoms with Crippen LogP contribution in [-0.4, -0.2) is 48.6 Å². The first-order valence-corrected chi connectivity index (χ1v) is 7.75. The van der Waals surface area contributed by atoms with Gasteiger partial charge in [-0.2, -0.15) is 4.98 Å². The van der Waals surface area contributed by atoms with Crippen LogP contribution >= 0.6 is 0 Å². The van der Waals surface area contributed by atoms with Gasteiger partial charge in [-0.3, -0.25) is 0 Å². The maximum atomic E-state index is 4.63. The Morgan fingerprint density at radius 1 is 1.09 bits per heavy atom. The summed E-state index contributed by atoms with van der Waals surface area (Å²) in [5.41, 5.74) is 1.11. The Bertz CT molecular complexity index is 556. The second-order valence-corrected chi connectivity index (χ2v) is 5.41. The van der Waals surface area contributed by atoms with Gasteiger partial charge in [-0.15, -0.1) is 0 Å². The Morgan fingerprint density at radius 2 is 1.86 bits per heavy atom. The molecule has 5 nitrogen and oxygen atoms in total. The summed E-state index contributed by atoms with van der Waals surface area (Å²) in [6, 6.07) is 12.1. The summed E-state index contributed by atoms with van der Waals surface area (Å²) in [6.45, 7) is 4.91. The maximum Gasteiger partial charge on any atom is 0.231 e. The predicted molar refractivity (Wildman–Crippen MR) is 92.8 cm³/mol. The molecule has 0 unspecified atom stereocenters. The highest BCUT2D eigenvalue weighted by Gasteiger charge is 2.10. The minimum atomic E-state index is 0.728. The molecule has 0 spiro atoms. The summed E-state index contributed by atoms with van der Waals surface area (Å²) in [7, 11) is 4.17. The van der Waals surface area contributed by atoms with Gasteiger partial charge in [0.25, 0.3) is 0 Å². The fourth-order valence-electron chi connectivity index (χ4n) is 2.24. The minimum Gasteiger partial charge on any atom is -0.370 e. The number of nitrogens with one attached hydrogen (secondary N) is 1. The summed E-state index contributed by atoms with van der Waals surface area (Å²) >= 11 is 0. The zero-order valence-electron chi connectivity index (χ0n) is 13.7. The number of anilines is 3. The number of para-hydroxylation sites is 1. The molecule has 1 aromatic heterocycles. The molecule has 0 saturated carbocycles. The zero-order chi connectivity index (χ0) is 15.8. The Labute approximate surface area is 133 Å². The highest BCUT2D eigenvalue weighted by molar-refractivity contribution is 5.58. The van der Waals surface area contributed by atoms with Gasteiger partial charge in [-0.05, 0) is 52.2 Å². The molecule has 0 aliphatic carbocycles. The van der Waals surface area contributed by atoms with Crippen molar-refractivity contribution in [3.05, 3.63) is 42.6 Å². The van der Waals surface area contributed by atoms with E-state index in [0.29, 0.717) is 0 Å². The zero-order valence-corrected chi connectivity index (χ0v) is 13.7. The first kappa shape index (κ1) is 16.2. The molecule has 0 aliphatic heterocycles. The van der Waals surface area contributed by atoms with Crippen molar-refractivity contribution in [1.82, 2.24) is 14.9 Å². The van der Waals surface area contributed by atoms with Gasteiger partial charge in [-0.1, -0.05) is 18.2 Å². The smallest absolute Gasteiger partial charge is 0.231 e. The number of nitrogens with zero attached hydrogens (tertiary/aromatic N) is 4. The Kier molecular flexibility index (Phi) is 6.15. The van der Waals surface area contributed by atoms with Crippen molar-refractivity contribution in [2.24, 2.45) is 0 Å². The first-order chi connectivity index (χ1) is 10.7. The molecule has 0 aliphatic rings. The van der Waals surface area contributed by atoms with Gasteiger partial charge in [0, 0.05) is 25.0 Å². The van der Waals surface area contributed by atoms with E-state index in [-0.39, 0.29) is 0 Å². The van der Waals surface area contributed by atoms with E-state index in [1.54, 1.807) is 0 Å². The maximum absolute atomic E-state index is 4.63. The van der Waals surface area contributed by atoms with E-state index in [1.807, 2.05) is 30.5 Å². The largest absolute Gasteiger partial charge is 0.370 e. The number of hydrogen-bond acceptors (Lipinski definition) is 5. The van der Waals surface area contributed by atoms with Crippen LogP contribution in [0.2, 0.25) is 0 Å². The lowest BCUT2D eigenvalue weighted by molar-refractivity contribution is 0.405. The van der Waals surface area contributed by atoms with Gasteiger partial charge in [0.05, 0.1) is 0 Å². The molecular weight excluding hydrogens is 274 g/mol. The van der Waals surface area contributed by atoms with Crippen LogP contribution in [0.4, 0.5) is 17.5 Å². The van der Waals surface area contributed by atoms with Crippen molar-refractivity contribution < 1.29 is 0 Å². The second-order valence-electron chi connectivity index (χ2n) is 5.41. The third kappa shape index (κ3) is 4.70. The van der Waals surface area contributed by atoms with Gasteiger partial charge < -0.3 is 15.1 Å². The van der Waals surface area contributed by atoms with Crippen LogP contribution in [0.1, 0.15) is 13.3 Å². The summed E-state index contributed by atoms with van der Waals surface area (Å²) < 4.78 is 0. The van der Waals surface area contributed by atoms with E-state index < -0.39 is 0 Å². The predicted octanol–water partition coefficient (Wildman–Crippen LogP) is 3.00. The second kappa shape index (κ2) is 8.34.